The van der Waals surface area contributed by atoms with Crippen LogP contribution in [-0.2, 0) is 10.7 Å². The highest BCUT2D eigenvalue weighted by Crippen LogP contribution is 2.43. The van der Waals surface area contributed by atoms with Crippen molar-refractivity contribution >= 4 is 17.0 Å². The van der Waals surface area contributed by atoms with Crippen molar-refractivity contribution in [2.45, 2.75) is 51.1 Å². The van der Waals surface area contributed by atoms with E-state index >= 15 is 4.39 Å². The summed E-state index contributed by atoms with van der Waals surface area (Å²) in [5.41, 5.74) is -1.62. The third-order valence-electron chi connectivity index (χ3n) is 7.12. The minimum atomic E-state index is -3.83. The lowest BCUT2D eigenvalue weighted by molar-refractivity contribution is -0.170. The topological polar surface area (TPSA) is 105 Å². The number of hydrogen-bond acceptors (Lipinski definition) is 6. The molecule has 4 rings (SSSR count). The van der Waals surface area contributed by atoms with E-state index in [9.17, 15) is 23.8 Å². The first-order valence-corrected chi connectivity index (χ1v) is 12.6. The molecular weight excluding hydrogens is 515 g/mol. The highest BCUT2D eigenvalue weighted by atomic mass is 19.3. The molecule has 0 aliphatic carbocycles. The molecular formula is C28H32F3N3O5. The molecule has 1 aliphatic heterocycles. The van der Waals surface area contributed by atoms with Crippen molar-refractivity contribution < 1.29 is 37.7 Å². The lowest BCUT2D eigenvalue weighted by atomic mass is 9.86. The van der Waals surface area contributed by atoms with Gasteiger partial charge >= 0.3 is 12.0 Å². The molecule has 0 spiro atoms. The Hall–Kier alpha value is -3.44. The van der Waals surface area contributed by atoms with Crippen LogP contribution in [0.2, 0.25) is 0 Å². The number of hydrogen-bond donors (Lipinski definition) is 2. The summed E-state index contributed by atoms with van der Waals surface area (Å²) < 4.78 is 56.6. The monoisotopic (exact) mass is 547 g/mol. The highest BCUT2D eigenvalue weighted by molar-refractivity contribution is 5.85. The number of aryl methyl sites for hydroxylation is 1. The number of carboxylic acid groups (broad SMARTS) is 1. The molecule has 39 heavy (non-hydrogen) atoms. The van der Waals surface area contributed by atoms with E-state index < -0.39 is 34.9 Å². The van der Waals surface area contributed by atoms with E-state index in [1.807, 2.05) is 6.07 Å². The van der Waals surface area contributed by atoms with E-state index in [-0.39, 0.29) is 18.1 Å². The van der Waals surface area contributed by atoms with E-state index in [2.05, 4.69) is 9.97 Å². The van der Waals surface area contributed by atoms with Gasteiger partial charge in [-0.15, -0.1) is 0 Å². The maximum Gasteiger partial charge on any atom is 0.407 e. The van der Waals surface area contributed by atoms with Crippen LogP contribution < -0.4 is 4.74 Å². The molecule has 1 aliphatic rings. The fraction of sp³-hybridized carbons (Fsp3) is 0.464. The van der Waals surface area contributed by atoms with Crippen LogP contribution in [-0.4, -0.2) is 70.2 Å². The summed E-state index contributed by atoms with van der Waals surface area (Å²) in [6, 6.07) is 7.29. The Labute approximate surface area is 224 Å². The maximum absolute atomic E-state index is 15.6. The smallest absolute Gasteiger partial charge is 0.407 e. The second kappa shape index (κ2) is 10.6. The fourth-order valence-corrected chi connectivity index (χ4v) is 4.76. The molecule has 1 unspecified atom stereocenters. The average Bonchev–Trinajstić information content (AvgIpc) is 2.81. The van der Waals surface area contributed by atoms with Crippen molar-refractivity contribution in [1.29, 1.82) is 0 Å². The number of ether oxygens (including phenoxy) is 2. The summed E-state index contributed by atoms with van der Waals surface area (Å²) in [6.07, 6.45) is -0.998. The molecule has 0 radical (unpaired) electrons. The molecule has 1 atom stereocenters. The standard InChI is InChI=1S/C28H32F3N3O5/c1-15(18-7-6-8-21(24(18)29)28(30,31)27(3,4)37)25-20-12-23(39-10-9-38-5)19(11-22(20)32-16(2)33-25)17-13-34(14-17)26(35)36/h6-8,11-12,15,17,37H,9-10,13-14H2,1-5H3,(H,35,36). The van der Waals surface area contributed by atoms with Crippen LogP contribution in [0.1, 0.15) is 60.8 Å². The molecule has 2 heterocycles. The highest BCUT2D eigenvalue weighted by Gasteiger charge is 2.49. The SMILES string of the molecule is COCCOc1cc2c(C(C)c3cccc(C(F)(F)C(C)(C)O)c3F)nc(C)nc2cc1C1CN(C(=O)O)C1. The summed E-state index contributed by atoms with van der Waals surface area (Å²) in [4.78, 5) is 21.7. The van der Waals surface area contributed by atoms with Crippen LogP contribution in [0.3, 0.4) is 0 Å². The number of amides is 1. The van der Waals surface area contributed by atoms with Gasteiger partial charge in [0.05, 0.1) is 23.4 Å². The number of nitrogens with zero attached hydrogens (tertiary/aromatic N) is 3. The van der Waals surface area contributed by atoms with Gasteiger partial charge in [-0.3, -0.25) is 0 Å². The zero-order chi connectivity index (χ0) is 28.7. The van der Waals surface area contributed by atoms with E-state index in [1.165, 1.54) is 17.0 Å². The molecule has 8 nitrogen and oxygen atoms in total. The minimum Gasteiger partial charge on any atom is -0.491 e. The van der Waals surface area contributed by atoms with Gasteiger partial charge in [-0.1, -0.05) is 19.1 Å². The number of halogens is 3. The number of fused-ring (bicyclic) bond motifs is 1. The Bertz CT molecular complexity index is 1390. The van der Waals surface area contributed by atoms with Gasteiger partial charge < -0.3 is 24.6 Å². The Morgan fingerprint density at radius 1 is 1.21 bits per heavy atom. The van der Waals surface area contributed by atoms with Gasteiger partial charge in [0, 0.05) is 43.0 Å². The van der Waals surface area contributed by atoms with E-state index in [4.69, 9.17) is 9.47 Å². The molecule has 2 aromatic carbocycles. The number of aliphatic hydroxyl groups is 1. The molecule has 11 heteroatoms. The molecule has 3 aromatic rings. The van der Waals surface area contributed by atoms with Crippen LogP contribution in [0.5, 0.6) is 5.75 Å². The number of benzene rings is 2. The largest absolute Gasteiger partial charge is 0.491 e. The second-order valence-electron chi connectivity index (χ2n) is 10.4. The summed E-state index contributed by atoms with van der Waals surface area (Å²) in [6.45, 7) is 6.40. The Morgan fingerprint density at radius 3 is 2.51 bits per heavy atom. The van der Waals surface area contributed by atoms with Crippen LogP contribution in [0.15, 0.2) is 30.3 Å². The normalized spacial score (nSPS) is 15.4. The third kappa shape index (κ3) is 5.38. The van der Waals surface area contributed by atoms with E-state index in [1.54, 1.807) is 27.0 Å². The van der Waals surface area contributed by atoms with E-state index in [0.29, 0.717) is 47.9 Å². The quantitative estimate of drug-likeness (QED) is 0.355. The van der Waals surface area contributed by atoms with Crippen molar-refractivity contribution in [1.82, 2.24) is 14.9 Å². The Balaban J connectivity index is 1.82. The first kappa shape index (κ1) is 28.6. The van der Waals surface area contributed by atoms with Gasteiger partial charge in [-0.05, 0) is 44.5 Å². The van der Waals surface area contributed by atoms with Gasteiger partial charge in [0.1, 0.15) is 29.6 Å². The lowest BCUT2D eigenvalue weighted by Gasteiger charge is -2.38. The minimum absolute atomic E-state index is 0.00199. The number of likely N-dealkylation sites (tertiary alicyclic amines) is 1. The van der Waals surface area contributed by atoms with Crippen molar-refractivity contribution in [3.8, 4) is 5.75 Å². The van der Waals surface area contributed by atoms with Crippen LogP contribution in [0.25, 0.3) is 10.9 Å². The van der Waals surface area contributed by atoms with E-state index in [0.717, 1.165) is 25.5 Å². The second-order valence-corrected chi connectivity index (χ2v) is 10.4. The first-order valence-electron chi connectivity index (χ1n) is 12.6. The van der Waals surface area contributed by atoms with Crippen molar-refractivity contribution in [2.24, 2.45) is 0 Å². The van der Waals surface area contributed by atoms with Gasteiger partial charge in [-0.25, -0.2) is 19.2 Å². The van der Waals surface area contributed by atoms with Crippen molar-refractivity contribution in [3.05, 3.63) is 64.4 Å². The van der Waals surface area contributed by atoms with Crippen LogP contribution >= 0.6 is 0 Å². The average molecular weight is 548 g/mol. The summed E-state index contributed by atoms with van der Waals surface area (Å²) in [5.74, 6) is -4.90. The van der Waals surface area contributed by atoms with Gasteiger partial charge in [0.25, 0.3) is 0 Å². The Morgan fingerprint density at radius 2 is 1.90 bits per heavy atom. The number of carbonyl (C=O) groups is 1. The predicted molar refractivity (Wildman–Crippen MR) is 138 cm³/mol. The summed E-state index contributed by atoms with van der Waals surface area (Å²) >= 11 is 0. The number of alkyl halides is 2. The van der Waals surface area contributed by atoms with Crippen LogP contribution in [0.4, 0.5) is 18.0 Å². The molecule has 1 fully saturated rings. The van der Waals surface area contributed by atoms with Gasteiger partial charge in [-0.2, -0.15) is 8.78 Å². The summed E-state index contributed by atoms with van der Waals surface area (Å²) in [5, 5.41) is 19.8. The number of rotatable bonds is 9. The van der Waals surface area contributed by atoms with Gasteiger partial charge in [0.2, 0.25) is 0 Å². The first-order chi connectivity index (χ1) is 18.3. The van der Waals surface area contributed by atoms with Gasteiger partial charge in [0.15, 0.2) is 0 Å². The molecule has 1 amide bonds. The third-order valence-corrected chi connectivity index (χ3v) is 7.12. The zero-order valence-electron chi connectivity index (χ0n) is 22.5. The summed E-state index contributed by atoms with van der Waals surface area (Å²) in [7, 11) is 1.54. The molecule has 1 aromatic heterocycles. The molecule has 1 saturated heterocycles. The molecule has 2 N–H and O–H groups in total. The number of aromatic nitrogens is 2. The zero-order valence-corrected chi connectivity index (χ0v) is 22.5. The molecule has 0 saturated carbocycles. The van der Waals surface area contributed by atoms with Crippen molar-refractivity contribution in [2.75, 3.05) is 33.4 Å². The lowest BCUT2D eigenvalue weighted by Crippen LogP contribution is -2.47. The molecule has 0 bridgehead atoms. The van der Waals surface area contributed by atoms with Crippen LogP contribution in [0, 0.1) is 12.7 Å². The van der Waals surface area contributed by atoms with Crippen molar-refractivity contribution in [3.63, 3.8) is 0 Å². The number of methoxy groups -OCH3 is 1. The molecule has 210 valence electrons. The maximum atomic E-state index is 15.6. The fourth-order valence-electron chi connectivity index (χ4n) is 4.76. The predicted octanol–water partition coefficient (Wildman–Crippen LogP) is 5.19. The Kier molecular flexibility index (Phi) is 7.77.